The first-order valence-electron chi connectivity index (χ1n) is 4.15. The standard InChI is InChI=1S/C11H19N/c1-8(2)7-11(9(3)4)12-10(5)6/h11-12H,1,3,5,7H2,2,4,6H3. The summed E-state index contributed by atoms with van der Waals surface area (Å²) < 4.78 is 0. The molecule has 0 amide bonds. The second-order valence-electron chi connectivity index (χ2n) is 3.48. The largest absolute Gasteiger partial charge is 0.382 e. The van der Waals surface area contributed by atoms with Crippen LogP contribution in [-0.2, 0) is 0 Å². The number of nitrogens with one attached hydrogen (secondary N) is 1. The smallest absolute Gasteiger partial charge is 0.0502 e. The lowest BCUT2D eigenvalue weighted by atomic mass is 10.0. The quantitative estimate of drug-likeness (QED) is 0.617. The minimum Gasteiger partial charge on any atom is -0.382 e. The van der Waals surface area contributed by atoms with E-state index in [1.807, 2.05) is 20.8 Å². The van der Waals surface area contributed by atoms with Crippen molar-refractivity contribution in [1.82, 2.24) is 5.32 Å². The Kier molecular flexibility index (Phi) is 4.42. The summed E-state index contributed by atoms with van der Waals surface area (Å²) >= 11 is 0. The number of hydrogen-bond acceptors (Lipinski definition) is 1. The molecule has 0 aromatic heterocycles. The molecule has 1 unspecified atom stereocenters. The molecule has 1 atom stereocenters. The van der Waals surface area contributed by atoms with Crippen LogP contribution in [0, 0.1) is 0 Å². The highest BCUT2D eigenvalue weighted by atomic mass is 14.9. The highest BCUT2D eigenvalue weighted by Crippen LogP contribution is 2.10. The van der Waals surface area contributed by atoms with Gasteiger partial charge in [0.1, 0.15) is 0 Å². The molecule has 1 heteroatoms. The number of rotatable bonds is 5. The van der Waals surface area contributed by atoms with E-state index in [0.29, 0.717) is 6.04 Å². The summed E-state index contributed by atoms with van der Waals surface area (Å²) in [6.07, 6.45) is 0.933. The maximum atomic E-state index is 3.92. The maximum absolute atomic E-state index is 3.92. The summed E-state index contributed by atoms with van der Waals surface area (Å²) in [7, 11) is 0. The van der Waals surface area contributed by atoms with Crippen molar-refractivity contribution in [3.05, 3.63) is 36.6 Å². The second kappa shape index (κ2) is 4.81. The van der Waals surface area contributed by atoms with Crippen molar-refractivity contribution in [3.8, 4) is 0 Å². The SMILES string of the molecule is C=C(C)CC(NC(=C)C)C(=C)C. The van der Waals surface area contributed by atoms with Gasteiger partial charge in [-0.05, 0) is 27.2 Å². The van der Waals surface area contributed by atoms with Gasteiger partial charge in [-0.2, -0.15) is 0 Å². The van der Waals surface area contributed by atoms with Gasteiger partial charge in [-0.3, -0.25) is 0 Å². The Morgan fingerprint density at radius 1 is 1.17 bits per heavy atom. The molecule has 1 N–H and O–H groups in total. The third kappa shape index (κ3) is 4.78. The minimum atomic E-state index is 0.292. The Morgan fingerprint density at radius 2 is 1.67 bits per heavy atom. The van der Waals surface area contributed by atoms with Crippen LogP contribution in [0.4, 0.5) is 0 Å². The molecule has 0 aliphatic rings. The van der Waals surface area contributed by atoms with Gasteiger partial charge < -0.3 is 5.32 Å². The van der Waals surface area contributed by atoms with Crippen LogP contribution in [0.5, 0.6) is 0 Å². The normalized spacial score (nSPS) is 11.9. The van der Waals surface area contributed by atoms with Gasteiger partial charge in [0.15, 0.2) is 0 Å². The predicted molar refractivity (Wildman–Crippen MR) is 56.0 cm³/mol. The molecule has 68 valence electrons. The highest BCUT2D eigenvalue weighted by molar-refractivity contribution is 5.11. The molecule has 0 aliphatic carbocycles. The van der Waals surface area contributed by atoms with Crippen molar-refractivity contribution in [2.45, 2.75) is 33.2 Å². The molecule has 0 spiro atoms. The van der Waals surface area contributed by atoms with E-state index in [-0.39, 0.29) is 0 Å². The summed E-state index contributed by atoms with van der Waals surface area (Å²) in [6.45, 7) is 17.6. The fraction of sp³-hybridized carbons (Fsp3) is 0.455. The fourth-order valence-electron chi connectivity index (χ4n) is 0.994. The van der Waals surface area contributed by atoms with Crippen LogP contribution in [0.3, 0.4) is 0 Å². The average molecular weight is 165 g/mol. The van der Waals surface area contributed by atoms with Crippen LogP contribution < -0.4 is 5.32 Å². The van der Waals surface area contributed by atoms with Crippen LogP contribution in [0.2, 0.25) is 0 Å². The summed E-state index contributed by atoms with van der Waals surface area (Å²) in [4.78, 5) is 0. The highest BCUT2D eigenvalue weighted by Gasteiger charge is 2.07. The second-order valence-corrected chi connectivity index (χ2v) is 3.48. The van der Waals surface area contributed by atoms with Crippen LogP contribution in [0.1, 0.15) is 27.2 Å². The lowest BCUT2D eigenvalue weighted by Gasteiger charge is -2.19. The molecule has 0 aromatic carbocycles. The Hall–Kier alpha value is -0.980. The van der Waals surface area contributed by atoms with Gasteiger partial charge >= 0.3 is 0 Å². The number of allylic oxidation sites excluding steroid dienone is 1. The van der Waals surface area contributed by atoms with Crippen LogP contribution in [0.15, 0.2) is 36.6 Å². The summed E-state index contributed by atoms with van der Waals surface area (Å²) in [5.74, 6) is 0. The zero-order valence-corrected chi connectivity index (χ0v) is 8.41. The lowest BCUT2D eigenvalue weighted by Crippen LogP contribution is -2.28. The van der Waals surface area contributed by atoms with Gasteiger partial charge in [0, 0.05) is 5.70 Å². The van der Waals surface area contributed by atoms with Gasteiger partial charge in [-0.15, -0.1) is 6.58 Å². The third-order valence-electron chi connectivity index (χ3n) is 1.57. The first kappa shape index (κ1) is 11.0. The molecule has 0 heterocycles. The first-order chi connectivity index (χ1) is 5.43. The fourth-order valence-corrected chi connectivity index (χ4v) is 0.994. The molecular weight excluding hydrogens is 146 g/mol. The molecule has 0 bridgehead atoms. The Labute approximate surface area is 75.9 Å². The van der Waals surface area contributed by atoms with Gasteiger partial charge in [0.25, 0.3) is 0 Å². The van der Waals surface area contributed by atoms with Crippen molar-refractivity contribution in [1.29, 1.82) is 0 Å². The van der Waals surface area contributed by atoms with E-state index in [4.69, 9.17) is 0 Å². The average Bonchev–Trinajstić information content (AvgIpc) is 1.83. The van der Waals surface area contributed by atoms with Crippen molar-refractivity contribution in [2.24, 2.45) is 0 Å². The lowest BCUT2D eigenvalue weighted by molar-refractivity contribution is 0.635. The molecule has 1 nitrogen and oxygen atoms in total. The molecule has 0 rings (SSSR count). The Morgan fingerprint density at radius 3 is 1.92 bits per heavy atom. The van der Waals surface area contributed by atoms with E-state index in [1.54, 1.807) is 0 Å². The monoisotopic (exact) mass is 165 g/mol. The Bertz CT molecular complexity index is 185. The van der Waals surface area contributed by atoms with Crippen molar-refractivity contribution in [2.75, 3.05) is 0 Å². The van der Waals surface area contributed by atoms with Crippen molar-refractivity contribution in [3.63, 3.8) is 0 Å². The van der Waals surface area contributed by atoms with E-state index in [2.05, 4.69) is 25.1 Å². The molecule has 0 saturated carbocycles. The summed E-state index contributed by atoms with van der Waals surface area (Å²) in [6, 6.07) is 0.292. The van der Waals surface area contributed by atoms with Crippen LogP contribution in [0.25, 0.3) is 0 Å². The minimum absolute atomic E-state index is 0.292. The third-order valence-corrected chi connectivity index (χ3v) is 1.57. The van der Waals surface area contributed by atoms with Gasteiger partial charge in [0.2, 0.25) is 0 Å². The van der Waals surface area contributed by atoms with Crippen LogP contribution >= 0.6 is 0 Å². The van der Waals surface area contributed by atoms with Crippen LogP contribution in [-0.4, -0.2) is 6.04 Å². The van der Waals surface area contributed by atoms with Crippen molar-refractivity contribution >= 4 is 0 Å². The molecule has 0 fully saturated rings. The van der Waals surface area contributed by atoms with E-state index >= 15 is 0 Å². The Balaban J connectivity index is 4.14. The zero-order valence-electron chi connectivity index (χ0n) is 8.41. The van der Waals surface area contributed by atoms with Gasteiger partial charge in [-0.25, -0.2) is 0 Å². The van der Waals surface area contributed by atoms with Gasteiger partial charge in [0.05, 0.1) is 6.04 Å². The van der Waals surface area contributed by atoms with E-state index in [1.165, 1.54) is 0 Å². The van der Waals surface area contributed by atoms with Crippen molar-refractivity contribution < 1.29 is 0 Å². The number of hydrogen-bond donors (Lipinski definition) is 1. The maximum Gasteiger partial charge on any atom is 0.0502 e. The van der Waals surface area contributed by atoms with E-state index in [0.717, 1.165) is 23.3 Å². The van der Waals surface area contributed by atoms with E-state index < -0.39 is 0 Å². The predicted octanol–water partition coefficient (Wildman–Crippen LogP) is 3.02. The van der Waals surface area contributed by atoms with Gasteiger partial charge in [-0.1, -0.05) is 24.3 Å². The summed E-state index contributed by atoms with van der Waals surface area (Å²) in [5, 5.41) is 3.26. The molecule has 0 aliphatic heterocycles. The molecule has 0 radical (unpaired) electrons. The zero-order chi connectivity index (χ0) is 9.72. The molecular formula is C11H19N. The first-order valence-corrected chi connectivity index (χ1v) is 4.15. The van der Waals surface area contributed by atoms with E-state index in [9.17, 15) is 0 Å². The topological polar surface area (TPSA) is 12.0 Å². The molecule has 12 heavy (non-hydrogen) atoms. The summed E-state index contributed by atoms with van der Waals surface area (Å²) in [5.41, 5.74) is 3.27. The molecule has 0 saturated heterocycles. The molecule has 0 aromatic rings.